The zero-order chi connectivity index (χ0) is 13.8. The van der Waals surface area contributed by atoms with Gasteiger partial charge in [0.2, 0.25) is 0 Å². The summed E-state index contributed by atoms with van der Waals surface area (Å²) < 4.78 is 23.1. The van der Waals surface area contributed by atoms with Crippen molar-refractivity contribution in [3.63, 3.8) is 0 Å². The molecule has 1 heterocycles. The lowest BCUT2D eigenvalue weighted by Gasteiger charge is -2.04. The van der Waals surface area contributed by atoms with E-state index in [4.69, 9.17) is 0 Å². The second-order valence-electron chi connectivity index (χ2n) is 4.42. The Hall–Kier alpha value is -0.460. The van der Waals surface area contributed by atoms with Gasteiger partial charge in [-0.3, -0.25) is 0 Å². The second-order valence-corrected chi connectivity index (χ2v) is 7.91. The van der Waals surface area contributed by atoms with Crippen LogP contribution in [0.4, 0.5) is 0 Å². The number of aromatic nitrogens is 1. The lowest BCUT2D eigenvalue weighted by molar-refractivity contribution is 0.592. The van der Waals surface area contributed by atoms with Crippen molar-refractivity contribution in [3.8, 4) is 0 Å². The van der Waals surface area contributed by atoms with E-state index < -0.39 is 15.1 Å². The van der Waals surface area contributed by atoms with E-state index in [1.165, 1.54) is 17.6 Å². The summed E-state index contributed by atoms with van der Waals surface area (Å²) in [5.41, 5.74) is 1.02. The highest BCUT2D eigenvalue weighted by Crippen LogP contribution is 2.28. The first-order valence-electron chi connectivity index (χ1n) is 6.28. The minimum absolute atomic E-state index is 0.507. The first-order chi connectivity index (χ1) is 8.40. The number of rotatable bonds is 7. The Morgan fingerprint density at radius 1 is 1.39 bits per heavy atom. The SMILES string of the molecule is CCCNCc1sc(C(C)S(C)(=O)=O)nc1CC. The van der Waals surface area contributed by atoms with Crippen molar-refractivity contribution in [2.45, 2.75) is 45.4 Å². The minimum atomic E-state index is -3.07. The van der Waals surface area contributed by atoms with Gasteiger partial charge in [-0.15, -0.1) is 11.3 Å². The van der Waals surface area contributed by atoms with Crippen molar-refractivity contribution in [2.75, 3.05) is 12.8 Å². The Kier molecular flexibility index (Phi) is 5.75. The van der Waals surface area contributed by atoms with Gasteiger partial charge in [-0.2, -0.15) is 0 Å². The molecule has 0 amide bonds. The number of sulfone groups is 1. The number of thiazole rings is 1. The normalized spacial score (nSPS) is 13.8. The lowest BCUT2D eigenvalue weighted by atomic mass is 10.3. The molecule has 1 rings (SSSR count). The summed E-state index contributed by atoms with van der Waals surface area (Å²) in [6.45, 7) is 7.63. The maximum Gasteiger partial charge on any atom is 0.156 e. The van der Waals surface area contributed by atoms with Crippen molar-refractivity contribution < 1.29 is 8.42 Å². The third kappa shape index (κ3) is 4.03. The first-order valence-corrected chi connectivity index (χ1v) is 9.05. The van der Waals surface area contributed by atoms with Crippen LogP contribution in [-0.4, -0.2) is 26.2 Å². The molecule has 18 heavy (non-hydrogen) atoms. The van der Waals surface area contributed by atoms with E-state index in [0.717, 1.165) is 36.5 Å². The molecule has 0 spiro atoms. The van der Waals surface area contributed by atoms with E-state index >= 15 is 0 Å². The molecule has 0 aliphatic rings. The Morgan fingerprint density at radius 2 is 2.06 bits per heavy atom. The van der Waals surface area contributed by atoms with E-state index in [0.29, 0.717) is 5.01 Å². The fraction of sp³-hybridized carbons (Fsp3) is 0.750. The Balaban J connectivity index is 2.90. The quantitative estimate of drug-likeness (QED) is 0.783. The van der Waals surface area contributed by atoms with Crippen molar-refractivity contribution >= 4 is 21.2 Å². The number of aryl methyl sites for hydroxylation is 1. The Bertz CT molecular complexity index is 480. The maximum absolute atomic E-state index is 11.6. The highest BCUT2D eigenvalue weighted by Gasteiger charge is 2.22. The maximum atomic E-state index is 11.6. The third-order valence-electron chi connectivity index (χ3n) is 2.83. The predicted octanol–water partition coefficient (Wildman–Crippen LogP) is 2.31. The van der Waals surface area contributed by atoms with Gasteiger partial charge in [-0.05, 0) is 26.3 Å². The monoisotopic (exact) mass is 290 g/mol. The molecule has 0 aromatic carbocycles. The summed E-state index contributed by atoms with van der Waals surface area (Å²) in [6.07, 6.45) is 3.20. The summed E-state index contributed by atoms with van der Waals surface area (Å²) in [4.78, 5) is 5.64. The summed E-state index contributed by atoms with van der Waals surface area (Å²) >= 11 is 1.52. The number of nitrogens with one attached hydrogen (secondary N) is 1. The molecule has 0 fully saturated rings. The summed E-state index contributed by atoms with van der Waals surface area (Å²) in [6, 6.07) is 0. The van der Waals surface area contributed by atoms with Gasteiger partial charge < -0.3 is 5.32 Å². The number of hydrogen-bond donors (Lipinski definition) is 1. The van der Waals surface area contributed by atoms with E-state index in [2.05, 4.69) is 17.2 Å². The molecule has 104 valence electrons. The Labute approximate surface area is 114 Å². The molecule has 0 saturated carbocycles. The molecular weight excluding hydrogens is 268 g/mol. The molecule has 0 radical (unpaired) electrons. The van der Waals surface area contributed by atoms with Crippen LogP contribution in [0.15, 0.2) is 0 Å². The molecule has 4 nitrogen and oxygen atoms in total. The van der Waals surface area contributed by atoms with Crippen molar-refractivity contribution in [1.82, 2.24) is 10.3 Å². The number of nitrogens with zero attached hydrogens (tertiary/aromatic N) is 1. The highest BCUT2D eigenvalue weighted by atomic mass is 32.2. The molecule has 1 aromatic heterocycles. The molecule has 1 atom stereocenters. The molecular formula is C12H22N2O2S2. The molecule has 0 bridgehead atoms. The summed E-state index contributed by atoms with van der Waals surface area (Å²) in [7, 11) is -3.07. The molecule has 6 heteroatoms. The van der Waals surface area contributed by atoms with Crippen LogP contribution < -0.4 is 5.32 Å². The average molecular weight is 290 g/mol. The van der Waals surface area contributed by atoms with Crippen LogP contribution >= 0.6 is 11.3 Å². The lowest BCUT2D eigenvalue weighted by Crippen LogP contribution is -2.13. The molecule has 1 unspecified atom stereocenters. The zero-order valence-corrected chi connectivity index (χ0v) is 13.1. The second kappa shape index (κ2) is 6.63. The largest absolute Gasteiger partial charge is 0.312 e. The summed E-state index contributed by atoms with van der Waals surface area (Å²) in [5, 5.41) is 3.54. The zero-order valence-electron chi connectivity index (χ0n) is 11.5. The topological polar surface area (TPSA) is 59.1 Å². The molecule has 0 aliphatic carbocycles. The van der Waals surface area contributed by atoms with Gasteiger partial charge in [0, 0.05) is 17.7 Å². The fourth-order valence-corrected chi connectivity index (χ4v) is 3.70. The van der Waals surface area contributed by atoms with Crippen molar-refractivity contribution in [3.05, 3.63) is 15.6 Å². The standard InChI is InChI=1S/C12H22N2O2S2/c1-5-7-13-8-11-10(6-2)14-12(17-11)9(3)18(4,15)16/h9,13H,5-8H2,1-4H3. The Morgan fingerprint density at radius 3 is 2.56 bits per heavy atom. The smallest absolute Gasteiger partial charge is 0.156 e. The van der Waals surface area contributed by atoms with E-state index in [9.17, 15) is 8.42 Å². The highest BCUT2D eigenvalue weighted by molar-refractivity contribution is 7.91. The van der Waals surface area contributed by atoms with Gasteiger partial charge in [0.25, 0.3) is 0 Å². The number of hydrogen-bond acceptors (Lipinski definition) is 5. The van der Waals surface area contributed by atoms with Gasteiger partial charge in [0.05, 0.1) is 5.69 Å². The van der Waals surface area contributed by atoms with Crippen LogP contribution in [-0.2, 0) is 22.8 Å². The van der Waals surface area contributed by atoms with E-state index in [1.807, 2.05) is 6.92 Å². The molecule has 1 N–H and O–H groups in total. The van der Waals surface area contributed by atoms with E-state index in [-0.39, 0.29) is 0 Å². The van der Waals surface area contributed by atoms with E-state index in [1.54, 1.807) is 6.92 Å². The van der Waals surface area contributed by atoms with Crippen LogP contribution in [0.5, 0.6) is 0 Å². The third-order valence-corrected chi connectivity index (χ3v) is 5.77. The van der Waals surface area contributed by atoms with Gasteiger partial charge in [-0.25, -0.2) is 13.4 Å². The first kappa shape index (κ1) is 15.6. The summed E-state index contributed by atoms with van der Waals surface area (Å²) in [5.74, 6) is 0. The fourth-order valence-electron chi connectivity index (χ4n) is 1.55. The van der Waals surface area contributed by atoms with Crippen LogP contribution in [0, 0.1) is 0 Å². The van der Waals surface area contributed by atoms with Crippen molar-refractivity contribution in [2.24, 2.45) is 0 Å². The average Bonchev–Trinajstić information content (AvgIpc) is 2.70. The van der Waals surface area contributed by atoms with Crippen LogP contribution in [0.1, 0.15) is 48.0 Å². The molecule has 0 saturated heterocycles. The minimum Gasteiger partial charge on any atom is -0.312 e. The molecule has 0 aliphatic heterocycles. The van der Waals surface area contributed by atoms with Crippen LogP contribution in [0.25, 0.3) is 0 Å². The van der Waals surface area contributed by atoms with Crippen LogP contribution in [0.3, 0.4) is 0 Å². The molecule has 1 aromatic rings. The van der Waals surface area contributed by atoms with Crippen LogP contribution in [0.2, 0.25) is 0 Å². The van der Waals surface area contributed by atoms with Gasteiger partial charge in [0.1, 0.15) is 10.3 Å². The van der Waals surface area contributed by atoms with Gasteiger partial charge in [0.15, 0.2) is 9.84 Å². The predicted molar refractivity (Wildman–Crippen MR) is 76.7 cm³/mol. The van der Waals surface area contributed by atoms with Gasteiger partial charge >= 0.3 is 0 Å². The van der Waals surface area contributed by atoms with Gasteiger partial charge in [-0.1, -0.05) is 13.8 Å². The van der Waals surface area contributed by atoms with Crippen molar-refractivity contribution in [1.29, 1.82) is 0 Å².